The Labute approximate surface area is 157 Å². The number of aromatic nitrogens is 7. The topological polar surface area (TPSA) is 106 Å². The molecule has 1 atom stereocenters. The first kappa shape index (κ1) is 17.3. The quantitative estimate of drug-likeness (QED) is 0.748. The summed E-state index contributed by atoms with van der Waals surface area (Å²) >= 11 is 0. The summed E-state index contributed by atoms with van der Waals surface area (Å²) < 4.78 is 0. The van der Waals surface area contributed by atoms with Crippen molar-refractivity contribution in [3.8, 4) is 22.8 Å². The average Bonchev–Trinajstić information content (AvgIpc) is 3.23. The summed E-state index contributed by atoms with van der Waals surface area (Å²) in [6.45, 7) is 6.41. The van der Waals surface area contributed by atoms with E-state index in [2.05, 4.69) is 49.1 Å². The van der Waals surface area contributed by atoms with Crippen molar-refractivity contribution in [1.29, 1.82) is 0 Å². The Balaban J connectivity index is 1.54. The molecule has 0 saturated carbocycles. The summed E-state index contributed by atoms with van der Waals surface area (Å²) in [5, 5.41) is 26.9. The van der Waals surface area contributed by atoms with Gasteiger partial charge < -0.3 is 10.0 Å². The first-order valence-electron chi connectivity index (χ1n) is 9.12. The molecule has 0 bridgehead atoms. The van der Waals surface area contributed by atoms with Crippen molar-refractivity contribution in [3.63, 3.8) is 0 Å². The Morgan fingerprint density at radius 1 is 1.11 bits per heavy atom. The predicted octanol–water partition coefficient (Wildman–Crippen LogP) is 2.09. The number of hydrogen-bond donors (Lipinski definition) is 1. The van der Waals surface area contributed by atoms with Gasteiger partial charge in [-0.05, 0) is 24.7 Å². The van der Waals surface area contributed by atoms with Gasteiger partial charge in [-0.1, -0.05) is 13.8 Å². The van der Waals surface area contributed by atoms with Crippen LogP contribution < -0.4 is 4.90 Å². The fraction of sp³-hybridized carbons (Fsp3) is 0.444. The Bertz CT molecular complexity index is 894. The lowest BCUT2D eigenvalue weighted by Gasteiger charge is -2.34. The molecule has 1 fully saturated rings. The van der Waals surface area contributed by atoms with E-state index in [0.717, 1.165) is 19.5 Å². The zero-order chi connectivity index (χ0) is 18.8. The molecular formula is C18H22N8O. The lowest BCUT2D eigenvalue weighted by Crippen LogP contribution is -2.38. The average molecular weight is 366 g/mol. The molecule has 9 heteroatoms. The van der Waals surface area contributed by atoms with E-state index in [1.54, 1.807) is 24.8 Å². The number of aromatic hydroxyl groups is 1. The second-order valence-corrected chi connectivity index (χ2v) is 7.12. The highest BCUT2D eigenvalue weighted by atomic mass is 16.3. The first-order chi connectivity index (χ1) is 13.1. The van der Waals surface area contributed by atoms with Crippen molar-refractivity contribution in [2.75, 3.05) is 18.0 Å². The molecular weight excluding hydrogens is 344 g/mol. The third kappa shape index (κ3) is 3.57. The lowest BCUT2D eigenvalue weighted by molar-refractivity contribution is 0.319. The number of piperidine rings is 1. The van der Waals surface area contributed by atoms with Gasteiger partial charge in [0.25, 0.3) is 0 Å². The van der Waals surface area contributed by atoms with E-state index in [0.29, 0.717) is 34.9 Å². The van der Waals surface area contributed by atoms with Gasteiger partial charge in [0.1, 0.15) is 22.8 Å². The van der Waals surface area contributed by atoms with Gasteiger partial charge in [-0.15, -0.1) is 15.0 Å². The molecule has 27 heavy (non-hydrogen) atoms. The number of rotatable bonds is 4. The first-order valence-corrected chi connectivity index (χ1v) is 9.12. The SMILES string of the molecule is CC(C)[C@@H]1CCCN(c2ncc(-c3ncc(-n4nccn4)cc3O)nn2)C1. The summed E-state index contributed by atoms with van der Waals surface area (Å²) in [7, 11) is 0. The van der Waals surface area contributed by atoms with Crippen LogP contribution in [0.1, 0.15) is 26.7 Å². The summed E-state index contributed by atoms with van der Waals surface area (Å²) in [6, 6.07) is 1.54. The van der Waals surface area contributed by atoms with Gasteiger partial charge in [-0.3, -0.25) is 0 Å². The van der Waals surface area contributed by atoms with Crippen molar-refractivity contribution in [2.24, 2.45) is 11.8 Å². The van der Waals surface area contributed by atoms with Crippen molar-refractivity contribution in [2.45, 2.75) is 26.7 Å². The van der Waals surface area contributed by atoms with Gasteiger partial charge >= 0.3 is 0 Å². The molecule has 0 aliphatic carbocycles. The van der Waals surface area contributed by atoms with Gasteiger partial charge in [0, 0.05) is 19.2 Å². The lowest BCUT2D eigenvalue weighted by atomic mass is 9.88. The number of anilines is 1. The smallest absolute Gasteiger partial charge is 0.245 e. The van der Waals surface area contributed by atoms with Gasteiger partial charge in [0.15, 0.2) is 0 Å². The van der Waals surface area contributed by atoms with Crippen LogP contribution in [0, 0.1) is 11.8 Å². The van der Waals surface area contributed by atoms with Crippen LogP contribution in [0.2, 0.25) is 0 Å². The molecule has 0 radical (unpaired) electrons. The molecule has 9 nitrogen and oxygen atoms in total. The normalized spacial score (nSPS) is 17.4. The van der Waals surface area contributed by atoms with Crippen LogP contribution in [-0.4, -0.2) is 53.4 Å². The van der Waals surface area contributed by atoms with Gasteiger partial charge in [-0.25, -0.2) is 9.97 Å². The molecule has 1 N–H and O–H groups in total. The third-order valence-corrected chi connectivity index (χ3v) is 4.98. The van der Waals surface area contributed by atoms with E-state index in [4.69, 9.17) is 0 Å². The second-order valence-electron chi connectivity index (χ2n) is 7.12. The maximum Gasteiger partial charge on any atom is 0.245 e. The Morgan fingerprint density at radius 2 is 1.93 bits per heavy atom. The van der Waals surface area contributed by atoms with Crippen molar-refractivity contribution >= 4 is 5.95 Å². The fourth-order valence-electron chi connectivity index (χ4n) is 3.36. The molecule has 1 aliphatic heterocycles. The summed E-state index contributed by atoms with van der Waals surface area (Å²) in [5.74, 6) is 1.90. The monoisotopic (exact) mass is 366 g/mol. The summed E-state index contributed by atoms with van der Waals surface area (Å²) in [5.41, 5.74) is 1.32. The molecule has 3 aromatic rings. The Morgan fingerprint density at radius 3 is 2.59 bits per heavy atom. The summed E-state index contributed by atoms with van der Waals surface area (Å²) in [6.07, 6.45) is 8.68. The standard InChI is InChI=1S/C18H22N8O/c1-12(2)13-4-3-7-25(11-13)18-20-10-15(23-24-18)17-16(27)8-14(9-19-17)26-21-5-6-22-26/h5-6,8-10,12-13,27H,3-4,7,11H2,1-2H3/t13-/m1/s1. The highest BCUT2D eigenvalue weighted by molar-refractivity contribution is 5.62. The van der Waals surface area contributed by atoms with E-state index in [1.807, 2.05) is 0 Å². The van der Waals surface area contributed by atoms with E-state index in [-0.39, 0.29) is 5.75 Å². The van der Waals surface area contributed by atoms with Crippen molar-refractivity contribution in [3.05, 3.63) is 30.9 Å². The Hall–Kier alpha value is -3.10. The van der Waals surface area contributed by atoms with E-state index < -0.39 is 0 Å². The van der Waals surface area contributed by atoms with Gasteiger partial charge in [0.05, 0.1) is 24.8 Å². The van der Waals surface area contributed by atoms with Crippen LogP contribution in [0.3, 0.4) is 0 Å². The van der Waals surface area contributed by atoms with Crippen LogP contribution in [0.15, 0.2) is 30.9 Å². The van der Waals surface area contributed by atoms with E-state index in [9.17, 15) is 5.11 Å². The largest absolute Gasteiger partial charge is 0.506 e. The zero-order valence-corrected chi connectivity index (χ0v) is 15.4. The molecule has 1 saturated heterocycles. The number of hydrogen-bond acceptors (Lipinski definition) is 8. The molecule has 0 amide bonds. The minimum atomic E-state index is -0.0218. The summed E-state index contributed by atoms with van der Waals surface area (Å²) in [4.78, 5) is 12.3. The molecule has 3 aromatic heterocycles. The predicted molar refractivity (Wildman–Crippen MR) is 99.4 cm³/mol. The molecule has 4 heterocycles. The van der Waals surface area contributed by atoms with Crippen molar-refractivity contribution in [1.82, 2.24) is 35.2 Å². The molecule has 0 aromatic carbocycles. The second kappa shape index (κ2) is 7.26. The molecule has 0 unspecified atom stereocenters. The van der Waals surface area contributed by atoms with Crippen LogP contribution in [-0.2, 0) is 0 Å². The molecule has 0 spiro atoms. The maximum absolute atomic E-state index is 10.3. The Kier molecular flexibility index (Phi) is 4.66. The third-order valence-electron chi connectivity index (χ3n) is 4.98. The van der Waals surface area contributed by atoms with Crippen molar-refractivity contribution < 1.29 is 5.11 Å². The van der Waals surface area contributed by atoms with Gasteiger partial charge in [0.2, 0.25) is 5.95 Å². The number of pyridine rings is 1. The zero-order valence-electron chi connectivity index (χ0n) is 15.4. The van der Waals surface area contributed by atoms with Crippen LogP contribution >= 0.6 is 0 Å². The van der Waals surface area contributed by atoms with Crippen LogP contribution in [0.25, 0.3) is 17.1 Å². The molecule has 140 valence electrons. The molecule has 4 rings (SSSR count). The highest BCUT2D eigenvalue weighted by Crippen LogP contribution is 2.28. The molecule has 1 aliphatic rings. The maximum atomic E-state index is 10.3. The van der Waals surface area contributed by atoms with E-state index in [1.165, 1.54) is 17.3 Å². The van der Waals surface area contributed by atoms with Gasteiger partial charge in [-0.2, -0.15) is 10.2 Å². The minimum Gasteiger partial charge on any atom is -0.506 e. The van der Waals surface area contributed by atoms with Crippen LogP contribution in [0.5, 0.6) is 5.75 Å². The fourth-order valence-corrected chi connectivity index (χ4v) is 3.36. The van der Waals surface area contributed by atoms with Crippen LogP contribution in [0.4, 0.5) is 5.95 Å². The van der Waals surface area contributed by atoms with E-state index >= 15 is 0 Å². The highest BCUT2D eigenvalue weighted by Gasteiger charge is 2.24. The minimum absolute atomic E-state index is 0.0218. The number of nitrogens with zero attached hydrogens (tertiary/aromatic N) is 8.